The predicted octanol–water partition coefficient (Wildman–Crippen LogP) is 1.74. The number of esters is 5. The summed E-state index contributed by atoms with van der Waals surface area (Å²) in [5, 5.41) is 16.1. The third-order valence-corrected chi connectivity index (χ3v) is 14.9. The number of aliphatic hydroxyl groups excluding tert-OH is 1. The summed E-state index contributed by atoms with van der Waals surface area (Å²) in [5.41, 5.74) is 0. The summed E-state index contributed by atoms with van der Waals surface area (Å²) in [5.74, 6) is -7.86. The monoisotopic (exact) mass is 857 g/mol. The number of carbonyl (C=O) groups is 6. The second-order valence-corrected chi connectivity index (χ2v) is 19.8. The Morgan fingerprint density at radius 3 is 1.93 bits per heavy atom. The Kier molecular flexibility index (Phi) is 16.2. The van der Waals surface area contributed by atoms with Gasteiger partial charge in [-0.25, -0.2) is 4.79 Å². The number of ether oxygens (including phenoxy) is 8. The maximum absolute atomic E-state index is 14.0. The van der Waals surface area contributed by atoms with E-state index in [0.717, 1.165) is 52.1 Å². The van der Waals surface area contributed by atoms with Crippen LogP contribution in [0.25, 0.3) is 0 Å². The van der Waals surface area contributed by atoms with Gasteiger partial charge in [-0.1, -0.05) is 81.4 Å². The van der Waals surface area contributed by atoms with Crippen LogP contribution in [0.1, 0.15) is 61.8 Å². The quantitative estimate of drug-likeness (QED) is 0.140. The van der Waals surface area contributed by atoms with Crippen molar-refractivity contribution in [2.45, 2.75) is 121 Å². The lowest BCUT2D eigenvalue weighted by atomic mass is 9.87. The van der Waals surface area contributed by atoms with Crippen LogP contribution in [0, 0.1) is 0 Å². The molecule has 17 nitrogen and oxygen atoms in total. The van der Waals surface area contributed by atoms with E-state index < -0.39 is 117 Å². The third-order valence-electron chi connectivity index (χ3n) is 9.94. The van der Waals surface area contributed by atoms with Crippen molar-refractivity contribution in [3.63, 3.8) is 0 Å². The molecule has 0 aliphatic carbocycles. The molecule has 2 aliphatic heterocycles. The van der Waals surface area contributed by atoms with Gasteiger partial charge in [-0.15, -0.1) is 0 Å². The molecular weight excluding hydrogens is 803 g/mol. The van der Waals surface area contributed by atoms with E-state index in [1.165, 1.54) is 12.3 Å². The minimum Gasteiger partial charge on any atom is -0.493 e. The first kappa shape index (κ1) is 47.5. The van der Waals surface area contributed by atoms with Crippen molar-refractivity contribution in [2.75, 3.05) is 20.3 Å². The summed E-state index contributed by atoms with van der Waals surface area (Å²) in [6.45, 7) is 10.9. The Bertz CT molecular complexity index is 1810. The summed E-state index contributed by atoms with van der Waals surface area (Å²) in [6, 6.07) is 18.2. The topological polar surface area (TPSA) is 218 Å². The SMILES string of the molecule is COC(=O)[C@@]1(O[C@@H]2C=CO[C@H](CO[Si](c3ccccc3)(c3ccccc3)C(C)(C)C)[C@@H]2O)C[C@H](OC(C)=O)[C@@H](NC(C)=O)[C@H]([C@H](OC(C)=O)[C@@H](COC(C)=O)OC(C)=O)O1. The molecule has 2 aliphatic rings. The molecule has 0 radical (unpaired) electrons. The zero-order chi connectivity index (χ0) is 44.4. The highest BCUT2D eigenvalue weighted by molar-refractivity contribution is 6.99. The van der Waals surface area contributed by atoms with Crippen LogP contribution in [-0.2, 0) is 71.1 Å². The molecule has 1 amide bonds. The van der Waals surface area contributed by atoms with Gasteiger partial charge in [0.05, 0.1) is 32.4 Å². The second kappa shape index (κ2) is 20.4. The highest BCUT2D eigenvalue weighted by atomic mass is 28.4. The van der Waals surface area contributed by atoms with E-state index in [1.807, 2.05) is 60.7 Å². The smallest absolute Gasteiger partial charge is 0.366 e. The van der Waals surface area contributed by atoms with Gasteiger partial charge >= 0.3 is 29.8 Å². The number of hydrogen-bond donors (Lipinski definition) is 2. The molecule has 1 saturated heterocycles. The van der Waals surface area contributed by atoms with Crippen LogP contribution in [0.5, 0.6) is 0 Å². The number of aliphatic hydroxyl groups is 1. The molecule has 2 N–H and O–H groups in total. The van der Waals surface area contributed by atoms with Gasteiger partial charge in [0.1, 0.15) is 37.1 Å². The number of benzene rings is 2. The molecule has 9 atom stereocenters. The molecule has 2 aromatic rings. The van der Waals surface area contributed by atoms with Crippen LogP contribution < -0.4 is 15.7 Å². The first-order valence-corrected chi connectivity index (χ1v) is 21.3. The average molecular weight is 858 g/mol. The zero-order valence-corrected chi connectivity index (χ0v) is 36.2. The first-order valence-electron chi connectivity index (χ1n) is 19.4. The standard InChI is InChI=1S/C42H55NO16Si/c1-25(44)43-36-33(55-27(3)46)22-42(40(50)51-9,59-39(36)38(57-29(5)48)35(56-28(4)47)23-53-26(2)45)58-32-20-21-52-34(37(32)49)24-54-60(41(6,7)8,30-16-12-10-13-17-30)31-18-14-11-15-19-31/h10-21,32-39,49H,22-24H2,1-9H3,(H,43,44)/t32-,33+,34-,35-,36-,37-,38-,39-,42-/m1/s1. The molecule has 2 heterocycles. The Hall–Kier alpha value is -5.14. The van der Waals surface area contributed by atoms with Crippen LogP contribution in [0.4, 0.5) is 0 Å². The summed E-state index contributed by atoms with van der Waals surface area (Å²) >= 11 is 0. The van der Waals surface area contributed by atoms with Gasteiger partial charge in [-0.05, 0) is 21.5 Å². The fourth-order valence-corrected chi connectivity index (χ4v) is 12.2. The van der Waals surface area contributed by atoms with Crippen molar-refractivity contribution in [1.29, 1.82) is 0 Å². The minimum absolute atomic E-state index is 0.136. The largest absolute Gasteiger partial charge is 0.493 e. The highest BCUT2D eigenvalue weighted by Gasteiger charge is 2.61. The number of hydrogen-bond acceptors (Lipinski definition) is 16. The second-order valence-electron chi connectivity index (χ2n) is 15.5. The van der Waals surface area contributed by atoms with Crippen LogP contribution in [0.2, 0.25) is 5.04 Å². The van der Waals surface area contributed by atoms with Gasteiger partial charge in [0.25, 0.3) is 14.1 Å². The number of nitrogens with one attached hydrogen (secondary N) is 1. The zero-order valence-electron chi connectivity index (χ0n) is 35.2. The lowest BCUT2D eigenvalue weighted by molar-refractivity contribution is -0.329. The van der Waals surface area contributed by atoms with Gasteiger partial charge < -0.3 is 52.7 Å². The van der Waals surface area contributed by atoms with E-state index in [-0.39, 0.29) is 6.61 Å². The van der Waals surface area contributed by atoms with E-state index in [1.54, 1.807) is 0 Å². The molecule has 0 saturated carbocycles. The molecule has 0 unspecified atom stereocenters. The van der Waals surface area contributed by atoms with Gasteiger partial charge in [-0.3, -0.25) is 24.0 Å². The molecule has 0 aromatic heterocycles. The maximum Gasteiger partial charge on any atom is 0.366 e. The van der Waals surface area contributed by atoms with Crippen molar-refractivity contribution in [3.8, 4) is 0 Å². The first-order chi connectivity index (χ1) is 28.2. The molecule has 18 heteroatoms. The Balaban J connectivity index is 1.79. The summed E-state index contributed by atoms with van der Waals surface area (Å²) in [4.78, 5) is 76.2. The molecular formula is C42H55NO16Si. The van der Waals surface area contributed by atoms with Crippen LogP contribution >= 0.6 is 0 Å². The third kappa shape index (κ3) is 11.4. The van der Waals surface area contributed by atoms with Crippen LogP contribution in [0.15, 0.2) is 73.0 Å². The summed E-state index contributed by atoms with van der Waals surface area (Å²) in [6.07, 6.45) is -8.57. The van der Waals surface area contributed by atoms with E-state index in [4.69, 9.17) is 42.3 Å². The van der Waals surface area contributed by atoms with E-state index in [9.17, 15) is 33.9 Å². The number of amides is 1. The Morgan fingerprint density at radius 1 is 0.867 bits per heavy atom. The van der Waals surface area contributed by atoms with E-state index in [0.29, 0.717) is 0 Å². The molecule has 328 valence electrons. The van der Waals surface area contributed by atoms with E-state index in [2.05, 4.69) is 26.1 Å². The molecule has 0 bridgehead atoms. The fraction of sp³-hybridized carbons (Fsp3) is 0.524. The van der Waals surface area contributed by atoms with Crippen LogP contribution in [0.3, 0.4) is 0 Å². The van der Waals surface area contributed by atoms with Crippen molar-refractivity contribution in [3.05, 3.63) is 73.0 Å². The van der Waals surface area contributed by atoms with Crippen LogP contribution in [-0.4, -0.2) is 124 Å². The predicted molar refractivity (Wildman–Crippen MR) is 214 cm³/mol. The molecule has 4 rings (SSSR count). The maximum atomic E-state index is 14.0. The summed E-state index contributed by atoms with van der Waals surface area (Å²) < 4.78 is 52.8. The molecule has 60 heavy (non-hydrogen) atoms. The van der Waals surface area contributed by atoms with Crippen molar-refractivity contribution in [2.24, 2.45) is 0 Å². The Morgan fingerprint density at radius 2 is 1.45 bits per heavy atom. The Labute approximate surface area is 350 Å². The molecule has 1 fully saturated rings. The minimum atomic E-state index is -3.13. The van der Waals surface area contributed by atoms with Gasteiger partial charge in [-0.2, -0.15) is 0 Å². The molecule has 2 aromatic carbocycles. The lowest BCUT2D eigenvalue weighted by Gasteiger charge is -2.49. The van der Waals surface area contributed by atoms with Crippen molar-refractivity contribution >= 4 is 54.4 Å². The van der Waals surface area contributed by atoms with Crippen molar-refractivity contribution in [1.82, 2.24) is 5.32 Å². The fourth-order valence-electron chi connectivity index (χ4n) is 7.58. The van der Waals surface area contributed by atoms with Crippen molar-refractivity contribution < 1.29 is 76.2 Å². The average Bonchev–Trinajstić information content (AvgIpc) is 3.17. The van der Waals surface area contributed by atoms with E-state index >= 15 is 0 Å². The summed E-state index contributed by atoms with van der Waals surface area (Å²) in [7, 11) is -2.09. The highest BCUT2D eigenvalue weighted by Crippen LogP contribution is 2.40. The van der Waals surface area contributed by atoms with Gasteiger partial charge in [0, 0.05) is 34.6 Å². The number of methoxy groups -OCH3 is 1. The lowest BCUT2D eigenvalue weighted by Crippen LogP contribution is -2.70. The number of rotatable bonds is 16. The van der Waals surface area contributed by atoms with Gasteiger partial charge in [0.2, 0.25) is 5.91 Å². The molecule has 0 spiro atoms. The number of carbonyl (C=O) groups excluding carboxylic acids is 6. The normalized spacial score (nSPS) is 25.0. The van der Waals surface area contributed by atoms with Gasteiger partial charge in [0.15, 0.2) is 12.2 Å².